The van der Waals surface area contributed by atoms with Gasteiger partial charge in [0.2, 0.25) is 5.43 Å². The standard InChI is InChI=1S/C16H10Cl2N2O2/c17-9-3-1-4-10(7-9)20-16(22)12-8-19-14-11(15(12)21)5-2-6-13(14)18/h1-8H,(H,19,21)(H,20,22). The van der Waals surface area contributed by atoms with Crippen LogP contribution in [-0.4, -0.2) is 10.9 Å². The minimum atomic E-state index is -0.509. The largest absolute Gasteiger partial charge is 0.359 e. The molecule has 0 aliphatic rings. The van der Waals surface area contributed by atoms with Gasteiger partial charge in [-0.05, 0) is 30.3 Å². The van der Waals surface area contributed by atoms with E-state index >= 15 is 0 Å². The number of pyridine rings is 1. The predicted octanol–water partition coefficient (Wildman–Crippen LogP) is 4.09. The third-order valence-electron chi connectivity index (χ3n) is 3.19. The van der Waals surface area contributed by atoms with Crippen molar-refractivity contribution in [2.24, 2.45) is 0 Å². The zero-order valence-electron chi connectivity index (χ0n) is 11.2. The Kier molecular flexibility index (Phi) is 3.88. The lowest BCUT2D eigenvalue weighted by Crippen LogP contribution is -2.21. The van der Waals surface area contributed by atoms with Crippen LogP contribution in [0.15, 0.2) is 53.5 Å². The molecule has 110 valence electrons. The van der Waals surface area contributed by atoms with E-state index < -0.39 is 5.91 Å². The molecule has 3 rings (SSSR count). The van der Waals surface area contributed by atoms with Gasteiger partial charge in [0.05, 0.1) is 10.5 Å². The van der Waals surface area contributed by atoms with Gasteiger partial charge < -0.3 is 10.3 Å². The number of benzene rings is 2. The van der Waals surface area contributed by atoms with Crippen molar-refractivity contribution in [2.75, 3.05) is 5.32 Å². The number of hydrogen-bond acceptors (Lipinski definition) is 2. The lowest BCUT2D eigenvalue weighted by Gasteiger charge is -2.07. The minimum absolute atomic E-state index is 0.00902. The van der Waals surface area contributed by atoms with E-state index in [0.717, 1.165) is 0 Å². The number of aromatic nitrogens is 1. The fourth-order valence-corrected chi connectivity index (χ4v) is 2.57. The third-order valence-corrected chi connectivity index (χ3v) is 3.74. The van der Waals surface area contributed by atoms with Crippen molar-refractivity contribution in [2.45, 2.75) is 0 Å². The monoisotopic (exact) mass is 332 g/mol. The van der Waals surface area contributed by atoms with Crippen LogP contribution < -0.4 is 10.7 Å². The molecule has 0 spiro atoms. The van der Waals surface area contributed by atoms with Gasteiger partial charge in [-0.1, -0.05) is 35.3 Å². The summed E-state index contributed by atoms with van der Waals surface area (Å²) in [6, 6.07) is 11.7. The Hall–Kier alpha value is -2.30. The molecule has 1 amide bonds. The molecule has 22 heavy (non-hydrogen) atoms. The average molecular weight is 333 g/mol. The number of rotatable bonds is 2. The zero-order valence-corrected chi connectivity index (χ0v) is 12.7. The molecule has 0 bridgehead atoms. The van der Waals surface area contributed by atoms with Gasteiger partial charge in [0.1, 0.15) is 5.56 Å². The summed E-state index contributed by atoms with van der Waals surface area (Å²) in [6.07, 6.45) is 1.36. The van der Waals surface area contributed by atoms with E-state index in [1.807, 2.05) is 0 Å². The van der Waals surface area contributed by atoms with Gasteiger partial charge in [0.25, 0.3) is 5.91 Å². The predicted molar refractivity (Wildman–Crippen MR) is 89.0 cm³/mol. The van der Waals surface area contributed by atoms with Gasteiger partial charge >= 0.3 is 0 Å². The van der Waals surface area contributed by atoms with Crippen LogP contribution >= 0.6 is 23.2 Å². The van der Waals surface area contributed by atoms with Crippen LogP contribution in [0.2, 0.25) is 10.0 Å². The highest BCUT2D eigenvalue weighted by Crippen LogP contribution is 2.19. The topological polar surface area (TPSA) is 62.0 Å². The molecule has 0 radical (unpaired) electrons. The molecule has 0 aliphatic heterocycles. The van der Waals surface area contributed by atoms with Crippen molar-refractivity contribution in [3.05, 3.63) is 74.5 Å². The van der Waals surface area contributed by atoms with E-state index in [1.54, 1.807) is 42.5 Å². The quantitative estimate of drug-likeness (QED) is 0.742. The number of fused-ring (bicyclic) bond motifs is 1. The Labute approximate surface area is 135 Å². The Bertz CT molecular complexity index is 935. The van der Waals surface area contributed by atoms with E-state index in [2.05, 4.69) is 10.3 Å². The number of aromatic amines is 1. The number of para-hydroxylation sites is 1. The van der Waals surface area contributed by atoms with Crippen molar-refractivity contribution >= 4 is 45.7 Å². The molecule has 0 fully saturated rings. The highest BCUT2D eigenvalue weighted by molar-refractivity contribution is 6.35. The molecule has 2 aromatic carbocycles. The highest BCUT2D eigenvalue weighted by Gasteiger charge is 2.14. The van der Waals surface area contributed by atoms with E-state index in [9.17, 15) is 9.59 Å². The molecule has 0 saturated heterocycles. The van der Waals surface area contributed by atoms with Crippen molar-refractivity contribution < 1.29 is 4.79 Å². The summed E-state index contributed by atoms with van der Waals surface area (Å²) >= 11 is 11.9. The zero-order chi connectivity index (χ0) is 15.7. The number of hydrogen-bond donors (Lipinski definition) is 2. The van der Waals surface area contributed by atoms with Crippen LogP contribution in [0.5, 0.6) is 0 Å². The van der Waals surface area contributed by atoms with Gasteiger partial charge in [0.15, 0.2) is 0 Å². The van der Waals surface area contributed by atoms with Crippen molar-refractivity contribution in [3.8, 4) is 0 Å². The maximum atomic E-state index is 12.4. The van der Waals surface area contributed by atoms with Crippen LogP contribution in [0.3, 0.4) is 0 Å². The Balaban J connectivity index is 2.01. The maximum absolute atomic E-state index is 12.4. The molecule has 4 nitrogen and oxygen atoms in total. The fraction of sp³-hybridized carbons (Fsp3) is 0. The van der Waals surface area contributed by atoms with Gasteiger partial charge in [-0.2, -0.15) is 0 Å². The summed E-state index contributed by atoms with van der Waals surface area (Å²) in [6.45, 7) is 0. The van der Waals surface area contributed by atoms with Gasteiger partial charge in [-0.25, -0.2) is 0 Å². The third kappa shape index (κ3) is 2.71. The maximum Gasteiger partial charge on any atom is 0.261 e. The SMILES string of the molecule is O=C(Nc1cccc(Cl)c1)c1c[nH]c2c(Cl)cccc2c1=O. The first-order valence-electron chi connectivity index (χ1n) is 6.43. The lowest BCUT2D eigenvalue weighted by molar-refractivity contribution is 0.102. The van der Waals surface area contributed by atoms with Crippen LogP contribution in [0.25, 0.3) is 10.9 Å². The van der Waals surface area contributed by atoms with Gasteiger partial charge in [0, 0.05) is 22.3 Å². The molecule has 0 aliphatic carbocycles. The summed E-state index contributed by atoms with van der Waals surface area (Å²) in [7, 11) is 0. The second-order valence-electron chi connectivity index (χ2n) is 4.66. The van der Waals surface area contributed by atoms with Crippen LogP contribution in [0.4, 0.5) is 5.69 Å². The smallest absolute Gasteiger partial charge is 0.261 e. The summed E-state index contributed by atoms with van der Waals surface area (Å²) in [5.41, 5.74) is 0.655. The van der Waals surface area contributed by atoms with E-state index in [1.165, 1.54) is 6.20 Å². The lowest BCUT2D eigenvalue weighted by atomic mass is 10.1. The number of nitrogens with one attached hydrogen (secondary N) is 2. The first-order valence-corrected chi connectivity index (χ1v) is 7.18. The van der Waals surface area contributed by atoms with Crippen molar-refractivity contribution in [1.29, 1.82) is 0 Å². The van der Waals surface area contributed by atoms with Gasteiger partial charge in [-0.3, -0.25) is 9.59 Å². The summed E-state index contributed by atoms with van der Waals surface area (Å²) < 4.78 is 0. The number of carbonyl (C=O) groups excluding carboxylic acids is 1. The Morgan fingerprint density at radius 1 is 1.09 bits per heavy atom. The molecule has 3 aromatic rings. The normalized spacial score (nSPS) is 10.6. The Morgan fingerprint density at radius 3 is 2.64 bits per heavy atom. The van der Waals surface area contributed by atoms with Crippen molar-refractivity contribution in [3.63, 3.8) is 0 Å². The van der Waals surface area contributed by atoms with E-state index in [4.69, 9.17) is 23.2 Å². The second-order valence-corrected chi connectivity index (χ2v) is 5.50. The summed E-state index contributed by atoms with van der Waals surface area (Å²) in [5, 5.41) is 3.93. The molecule has 1 heterocycles. The van der Waals surface area contributed by atoms with Crippen LogP contribution in [-0.2, 0) is 0 Å². The molecular formula is C16H10Cl2N2O2. The Morgan fingerprint density at radius 2 is 1.86 bits per heavy atom. The first kappa shape index (κ1) is 14.6. The van der Waals surface area contributed by atoms with Crippen molar-refractivity contribution in [1.82, 2.24) is 4.98 Å². The van der Waals surface area contributed by atoms with Crippen LogP contribution in [0, 0.1) is 0 Å². The van der Waals surface area contributed by atoms with E-state index in [0.29, 0.717) is 26.6 Å². The minimum Gasteiger partial charge on any atom is -0.359 e. The molecule has 0 atom stereocenters. The summed E-state index contributed by atoms with van der Waals surface area (Å²) in [4.78, 5) is 27.6. The van der Waals surface area contributed by atoms with Gasteiger partial charge in [-0.15, -0.1) is 0 Å². The number of amides is 1. The first-order chi connectivity index (χ1) is 10.6. The molecule has 0 unspecified atom stereocenters. The number of carbonyl (C=O) groups is 1. The number of H-pyrrole nitrogens is 1. The van der Waals surface area contributed by atoms with Crippen LogP contribution in [0.1, 0.15) is 10.4 Å². The molecule has 0 saturated carbocycles. The van der Waals surface area contributed by atoms with E-state index in [-0.39, 0.29) is 11.0 Å². The fourth-order valence-electron chi connectivity index (χ4n) is 2.15. The highest BCUT2D eigenvalue weighted by atomic mass is 35.5. The molecule has 2 N–H and O–H groups in total. The summed E-state index contributed by atoms with van der Waals surface area (Å²) in [5.74, 6) is -0.509. The second kappa shape index (κ2) is 5.83. The number of halogens is 2. The molecule has 6 heteroatoms. The average Bonchev–Trinajstić information content (AvgIpc) is 2.48. The number of anilines is 1. The molecular weight excluding hydrogens is 323 g/mol. The molecule has 1 aromatic heterocycles.